The smallest absolute Gasteiger partial charge is 0.263 e. The van der Waals surface area contributed by atoms with Crippen molar-refractivity contribution in [2.45, 2.75) is 12.7 Å². The number of carbonyl (C=O) groups is 1. The van der Waals surface area contributed by atoms with Crippen molar-refractivity contribution in [1.29, 1.82) is 0 Å². The van der Waals surface area contributed by atoms with E-state index in [1.54, 1.807) is 42.0 Å². The lowest BCUT2D eigenvalue weighted by Gasteiger charge is -2.19. The van der Waals surface area contributed by atoms with Crippen LogP contribution in [0.2, 0.25) is 5.02 Å². The summed E-state index contributed by atoms with van der Waals surface area (Å²) in [6.07, 6.45) is 0. The predicted octanol–water partition coefficient (Wildman–Crippen LogP) is 4.40. The average molecular weight is 375 g/mol. The third-order valence-electron chi connectivity index (χ3n) is 3.93. The summed E-state index contributed by atoms with van der Waals surface area (Å²) < 4.78 is 5.30. The van der Waals surface area contributed by atoms with Gasteiger partial charge in [-0.05, 0) is 30.7 Å². The van der Waals surface area contributed by atoms with Crippen LogP contribution < -0.4 is 4.74 Å². The molecule has 2 aromatic rings. The van der Waals surface area contributed by atoms with Crippen molar-refractivity contribution in [2.24, 2.45) is 4.99 Å². The summed E-state index contributed by atoms with van der Waals surface area (Å²) in [6, 6.07) is 13.4. The number of methoxy groups -OCH3 is 1. The van der Waals surface area contributed by atoms with Crippen LogP contribution in [-0.2, 0) is 5.75 Å². The highest BCUT2D eigenvalue weighted by atomic mass is 35.5. The number of carbonyl (C=O) groups excluding carboxylic acids is 1. The molecule has 0 atom stereocenters. The summed E-state index contributed by atoms with van der Waals surface area (Å²) in [6.45, 7) is 3.26. The molecule has 0 saturated carbocycles. The van der Waals surface area contributed by atoms with Gasteiger partial charge in [-0.15, -0.1) is 0 Å². The van der Waals surface area contributed by atoms with Crippen LogP contribution in [0.1, 0.15) is 21.5 Å². The fraction of sp³-hybridized carbons (Fsp3) is 0.263. The zero-order valence-electron chi connectivity index (χ0n) is 14.2. The average Bonchev–Trinajstić information content (AvgIpc) is 3.09. The van der Waals surface area contributed by atoms with Crippen LogP contribution in [0.5, 0.6) is 5.75 Å². The van der Waals surface area contributed by atoms with Gasteiger partial charge in [-0.2, -0.15) is 0 Å². The molecule has 1 amide bonds. The van der Waals surface area contributed by atoms with E-state index in [1.807, 2.05) is 0 Å². The zero-order valence-corrected chi connectivity index (χ0v) is 15.7. The van der Waals surface area contributed by atoms with Crippen molar-refractivity contribution >= 4 is 34.4 Å². The molecule has 0 saturated heterocycles. The number of nitrogens with zero attached hydrogens (tertiary/aromatic N) is 2. The van der Waals surface area contributed by atoms with Crippen LogP contribution in [0.3, 0.4) is 0 Å². The van der Waals surface area contributed by atoms with Crippen LogP contribution in [0, 0.1) is 6.92 Å². The van der Waals surface area contributed by atoms with Crippen molar-refractivity contribution in [3.63, 3.8) is 0 Å². The maximum atomic E-state index is 12.9. The van der Waals surface area contributed by atoms with E-state index in [0.29, 0.717) is 29.4 Å². The first-order chi connectivity index (χ1) is 12.1. The molecule has 1 heterocycles. The number of amides is 1. The molecular weight excluding hydrogens is 356 g/mol. The van der Waals surface area contributed by atoms with Gasteiger partial charge in [0.1, 0.15) is 5.75 Å². The Morgan fingerprint density at radius 1 is 1.28 bits per heavy atom. The van der Waals surface area contributed by atoms with E-state index in [0.717, 1.165) is 10.9 Å². The van der Waals surface area contributed by atoms with Crippen LogP contribution in [-0.4, -0.2) is 36.2 Å². The van der Waals surface area contributed by atoms with Gasteiger partial charge in [-0.3, -0.25) is 14.7 Å². The Balaban J connectivity index is 1.73. The third-order valence-corrected chi connectivity index (χ3v) is 5.25. The van der Waals surface area contributed by atoms with Gasteiger partial charge in [0, 0.05) is 17.3 Å². The lowest BCUT2D eigenvalue weighted by atomic mass is 10.2. The Morgan fingerprint density at radius 3 is 2.76 bits per heavy atom. The van der Waals surface area contributed by atoms with E-state index < -0.39 is 0 Å². The van der Waals surface area contributed by atoms with Crippen LogP contribution in [0.25, 0.3) is 0 Å². The highest BCUT2D eigenvalue weighted by molar-refractivity contribution is 8.13. The highest BCUT2D eigenvalue weighted by Crippen LogP contribution is 2.27. The molecule has 3 rings (SSSR count). The molecule has 0 unspecified atom stereocenters. The molecular formula is C19H19ClN2O2S. The van der Waals surface area contributed by atoms with Crippen molar-refractivity contribution in [1.82, 2.24) is 4.90 Å². The quantitative estimate of drug-likeness (QED) is 0.796. The lowest BCUT2D eigenvalue weighted by Crippen LogP contribution is -2.33. The van der Waals surface area contributed by atoms with Crippen molar-refractivity contribution in [3.8, 4) is 5.75 Å². The standard InChI is InChI=1S/C19H19ClN2O2S/c1-13-3-5-14(6-4-13)12-25-19-21-9-10-22(19)18(23)16-11-15(20)7-8-17(16)24-2/h3-8,11H,9-10,12H2,1-2H3. The number of halogens is 1. The van der Waals surface area contributed by atoms with Gasteiger partial charge < -0.3 is 4.74 Å². The fourth-order valence-electron chi connectivity index (χ4n) is 2.56. The van der Waals surface area contributed by atoms with E-state index in [2.05, 4.69) is 36.2 Å². The Labute approximate surface area is 156 Å². The van der Waals surface area contributed by atoms with E-state index >= 15 is 0 Å². The van der Waals surface area contributed by atoms with Gasteiger partial charge in [0.2, 0.25) is 0 Å². The molecule has 0 bridgehead atoms. The molecule has 0 aliphatic carbocycles. The number of rotatable bonds is 4. The number of aliphatic imine (C=N–C) groups is 1. The van der Waals surface area contributed by atoms with Crippen LogP contribution >= 0.6 is 23.4 Å². The highest BCUT2D eigenvalue weighted by Gasteiger charge is 2.27. The summed E-state index contributed by atoms with van der Waals surface area (Å²) >= 11 is 7.63. The fourth-order valence-corrected chi connectivity index (χ4v) is 3.74. The van der Waals surface area contributed by atoms with E-state index in [4.69, 9.17) is 16.3 Å². The minimum atomic E-state index is -0.132. The Hall–Kier alpha value is -1.98. The summed E-state index contributed by atoms with van der Waals surface area (Å²) in [5.41, 5.74) is 2.90. The van der Waals surface area contributed by atoms with Crippen molar-refractivity contribution in [3.05, 3.63) is 64.2 Å². The summed E-state index contributed by atoms with van der Waals surface area (Å²) in [5, 5.41) is 1.25. The number of thioether (sulfide) groups is 1. The summed E-state index contributed by atoms with van der Waals surface area (Å²) in [5.74, 6) is 1.16. The SMILES string of the molecule is COc1ccc(Cl)cc1C(=O)N1CCN=C1SCc1ccc(C)cc1. The molecule has 0 spiro atoms. The molecule has 2 aromatic carbocycles. The van der Waals surface area contributed by atoms with Gasteiger partial charge in [-0.25, -0.2) is 0 Å². The minimum Gasteiger partial charge on any atom is -0.496 e. The third kappa shape index (κ3) is 4.17. The maximum Gasteiger partial charge on any atom is 0.263 e. The van der Waals surface area contributed by atoms with Crippen LogP contribution in [0.15, 0.2) is 47.5 Å². The second kappa shape index (κ2) is 7.93. The second-order valence-corrected chi connectivity index (χ2v) is 7.12. The largest absolute Gasteiger partial charge is 0.496 e. The van der Waals surface area contributed by atoms with Crippen molar-refractivity contribution in [2.75, 3.05) is 20.2 Å². The number of hydrogen-bond donors (Lipinski definition) is 0. The molecule has 1 aliphatic heterocycles. The number of benzene rings is 2. The Bertz CT molecular complexity index is 806. The number of ether oxygens (including phenoxy) is 1. The molecule has 130 valence electrons. The summed E-state index contributed by atoms with van der Waals surface area (Å²) in [7, 11) is 1.55. The van der Waals surface area contributed by atoms with E-state index in [1.165, 1.54) is 11.1 Å². The maximum absolute atomic E-state index is 12.9. The van der Waals surface area contributed by atoms with Crippen molar-refractivity contribution < 1.29 is 9.53 Å². The van der Waals surface area contributed by atoms with Gasteiger partial charge in [-0.1, -0.05) is 53.2 Å². The normalized spacial score (nSPS) is 13.7. The van der Waals surface area contributed by atoms with E-state index in [9.17, 15) is 4.79 Å². The molecule has 0 radical (unpaired) electrons. The molecule has 1 aliphatic rings. The second-order valence-electron chi connectivity index (χ2n) is 5.74. The number of aryl methyl sites for hydroxylation is 1. The molecule has 6 heteroatoms. The zero-order chi connectivity index (χ0) is 17.8. The van der Waals surface area contributed by atoms with Gasteiger partial charge >= 0.3 is 0 Å². The summed E-state index contributed by atoms with van der Waals surface area (Å²) in [4.78, 5) is 19.1. The first kappa shape index (κ1) is 17.8. The molecule has 0 aromatic heterocycles. The monoisotopic (exact) mass is 374 g/mol. The number of amidine groups is 1. The lowest BCUT2D eigenvalue weighted by molar-refractivity contribution is 0.0857. The Kier molecular flexibility index (Phi) is 5.66. The van der Waals surface area contributed by atoms with Gasteiger partial charge in [0.05, 0.1) is 19.2 Å². The topological polar surface area (TPSA) is 41.9 Å². The van der Waals surface area contributed by atoms with Crippen LogP contribution in [0.4, 0.5) is 0 Å². The molecule has 4 nitrogen and oxygen atoms in total. The van der Waals surface area contributed by atoms with Gasteiger partial charge in [0.15, 0.2) is 5.17 Å². The molecule has 25 heavy (non-hydrogen) atoms. The first-order valence-electron chi connectivity index (χ1n) is 7.96. The van der Waals surface area contributed by atoms with Gasteiger partial charge in [0.25, 0.3) is 5.91 Å². The first-order valence-corrected chi connectivity index (χ1v) is 9.33. The Morgan fingerprint density at radius 2 is 2.04 bits per heavy atom. The molecule has 0 fully saturated rings. The minimum absolute atomic E-state index is 0.132. The molecule has 0 N–H and O–H groups in total. The predicted molar refractivity (Wildman–Crippen MR) is 104 cm³/mol. The number of hydrogen-bond acceptors (Lipinski definition) is 4. The van der Waals surface area contributed by atoms with E-state index in [-0.39, 0.29) is 5.91 Å².